The molecule has 1 N–H and O–H groups in total. The number of amides is 1. The van der Waals surface area contributed by atoms with Gasteiger partial charge in [0.1, 0.15) is 6.04 Å². The SMILES string of the molecule is CC(C(=O)N1CCCC1)n1cncc1CO. The minimum Gasteiger partial charge on any atom is -0.390 e. The Morgan fingerprint density at radius 2 is 2.25 bits per heavy atom. The van der Waals surface area contributed by atoms with Gasteiger partial charge in [0.05, 0.1) is 24.8 Å². The highest BCUT2D eigenvalue weighted by atomic mass is 16.3. The van der Waals surface area contributed by atoms with Crippen LogP contribution in [0.4, 0.5) is 0 Å². The van der Waals surface area contributed by atoms with E-state index in [2.05, 4.69) is 4.98 Å². The van der Waals surface area contributed by atoms with E-state index < -0.39 is 0 Å². The summed E-state index contributed by atoms with van der Waals surface area (Å²) in [7, 11) is 0. The molecule has 1 atom stereocenters. The van der Waals surface area contributed by atoms with Crippen molar-refractivity contribution in [1.29, 1.82) is 0 Å². The summed E-state index contributed by atoms with van der Waals surface area (Å²) in [6.45, 7) is 3.47. The zero-order chi connectivity index (χ0) is 11.5. The van der Waals surface area contributed by atoms with Gasteiger partial charge >= 0.3 is 0 Å². The summed E-state index contributed by atoms with van der Waals surface area (Å²) < 4.78 is 1.74. The van der Waals surface area contributed by atoms with E-state index in [4.69, 9.17) is 5.11 Å². The maximum Gasteiger partial charge on any atom is 0.245 e. The van der Waals surface area contributed by atoms with Gasteiger partial charge in [0.15, 0.2) is 0 Å². The molecule has 1 aliphatic heterocycles. The van der Waals surface area contributed by atoms with Gasteiger partial charge in [-0.2, -0.15) is 0 Å². The lowest BCUT2D eigenvalue weighted by molar-refractivity contribution is -0.133. The fraction of sp³-hybridized carbons (Fsp3) is 0.636. The number of imidazole rings is 1. The highest BCUT2D eigenvalue weighted by Gasteiger charge is 2.25. The first-order valence-corrected chi connectivity index (χ1v) is 5.64. The molecule has 0 aliphatic carbocycles. The fourth-order valence-corrected chi connectivity index (χ4v) is 2.12. The van der Waals surface area contributed by atoms with Crippen molar-refractivity contribution in [1.82, 2.24) is 14.5 Å². The number of nitrogens with zero attached hydrogens (tertiary/aromatic N) is 3. The zero-order valence-corrected chi connectivity index (χ0v) is 9.46. The Labute approximate surface area is 94.7 Å². The monoisotopic (exact) mass is 223 g/mol. The van der Waals surface area contributed by atoms with Gasteiger partial charge in [-0.3, -0.25) is 4.79 Å². The molecule has 0 bridgehead atoms. The van der Waals surface area contributed by atoms with E-state index in [0.29, 0.717) is 5.69 Å². The summed E-state index contributed by atoms with van der Waals surface area (Å²) in [6.07, 6.45) is 5.38. The molecule has 0 saturated carbocycles. The molecule has 1 aromatic heterocycles. The first-order valence-electron chi connectivity index (χ1n) is 5.64. The van der Waals surface area contributed by atoms with Crippen molar-refractivity contribution < 1.29 is 9.90 Å². The zero-order valence-electron chi connectivity index (χ0n) is 9.46. The number of aromatic nitrogens is 2. The topological polar surface area (TPSA) is 58.4 Å². The summed E-state index contributed by atoms with van der Waals surface area (Å²) >= 11 is 0. The van der Waals surface area contributed by atoms with Gasteiger partial charge in [-0.25, -0.2) is 4.98 Å². The third kappa shape index (κ3) is 1.95. The predicted molar refractivity (Wildman–Crippen MR) is 58.7 cm³/mol. The Morgan fingerprint density at radius 1 is 1.56 bits per heavy atom. The Balaban J connectivity index is 2.11. The van der Waals surface area contributed by atoms with Gasteiger partial charge in [0, 0.05) is 13.1 Å². The molecule has 1 amide bonds. The number of carbonyl (C=O) groups excluding carboxylic acids is 1. The van der Waals surface area contributed by atoms with Crippen LogP contribution in [0.5, 0.6) is 0 Å². The smallest absolute Gasteiger partial charge is 0.245 e. The number of likely N-dealkylation sites (tertiary alicyclic amines) is 1. The van der Waals surface area contributed by atoms with E-state index in [0.717, 1.165) is 25.9 Å². The van der Waals surface area contributed by atoms with E-state index in [9.17, 15) is 4.79 Å². The molecule has 2 rings (SSSR count). The highest BCUT2D eigenvalue weighted by Crippen LogP contribution is 2.17. The lowest BCUT2D eigenvalue weighted by atomic mass is 10.2. The molecule has 2 heterocycles. The van der Waals surface area contributed by atoms with Crippen molar-refractivity contribution in [2.45, 2.75) is 32.4 Å². The van der Waals surface area contributed by atoms with E-state index in [-0.39, 0.29) is 18.6 Å². The van der Waals surface area contributed by atoms with Crippen molar-refractivity contribution >= 4 is 5.91 Å². The van der Waals surface area contributed by atoms with Gasteiger partial charge in [0.2, 0.25) is 5.91 Å². The summed E-state index contributed by atoms with van der Waals surface area (Å²) in [5.41, 5.74) is 0.681. The predicted octanol–water partition coefficient (Wildman–Crippen LogP) is 0.559. The summed E-state index contributed by atoms with van der Waals surface area (Å²) in [6, 6.07) is -0.275. The summed E-state index contributed by atoms with van der Waals surface area (Å²) in [4.78, 5) is 17.9. The third-order valence-corrected chi connectivity index (χ3v) is 3.10. The number of aliphatic hydroxyl groups excluding tert-OH is 1. The minimum absolute atomic E-state index is 0.0857. The van der Waals surface area contributed by atoms with E-state index in [1.54, 1.807) is 17.1 Å². The molecule has 1 aliphatic rings. The Hall–Kier alpha value is -1.36. The van der Waals surface area contributed by atoms with E-state index in [1.165, 1.54) is 0 Å². The highest BCUT2D eigenvalue weighted by molar-refractivity contribution is 5.80. The first-order chi connectivity index (χ1) is 7.74. The summed E-state index contributed by atoms with van der Waals surface area (Å²) in [5.74, 6) is 0.116. The second-order valence-corrected chi connectivity index (χ2v) is 4.16. The molecule has 5 heteroatoms. The number of rotatable bonds is 3. The second-order valence-electron chi connectivity index (χ2n) is 4.16. The average molecular weight is 223 g/mol. The third-order valence-electron chi connectivity index (χ3n) is 3.10. The van der Waals surface area contributed by atoms with Crippen LogP contribution in [0.3, 0.4) is 0 Å². The molecule has 0 spiro atoms. The van der Waals surface area contributed by atoms with Gasteiger partial charge in [-0.05, 0) is 19.8 Å². The van der Waals surface area contributed by atoms with Gasteiger partial charge in [0.25, 0.3) is 0 Å². The maximum atomic E-state index is 12.1. The van der Waals surface area contributed by atoms with Crippen molar-refractivity contribution in [2.75, 3.05) is 13.1 Å². The van der Waals surface area contributed by atoms with Crippen molar-refractivity contribution in [2.24, 2.45) is 0 Å². The number of hydrogen-bond donors (Lipinski definition) is 1. The average Bonchev–Trinajstić information content (AvgIpc) is 2.97. The Bertz CT molecular complexity index is 369. The Morgan fingerprint density at radius 3 is 2.88 bits per heavy atom. The van der Waals surface area contributed by atoms with Gasteiger partial charge < -0.3 is 14.6 Å². The van der Waals surface area contributed by atoms with Crippen LogP contribution in [-0.4, -0.2) is 38.6 Å². The van der Waals surface area contributed by atoms with Crippen molar-refractivity contribution in [3.05, 3.63) is 18.2 Å². The molecule has 1 aromatic rings. The van der Waals surface area contributed by atoms with Crippen LogP contribution < -0.4 is 0 Å². The molecular weight excluding hydrogens is 206 g/mol. The van der Waals surface area contributed by atoms with E-state index >= 15 is 0 Å². The van der Waals surface area contributed by atoms with Crippen LogP contribution in [0.15, 0.2) is 12.5 Å². The largest absolute Gasteiger partial charge is 0.390 e. The quantitative estimate of drug-likeness (QED) is 0.814. The van der Waals surface area contributed by atoms with Crippen LogP contribution >= 0.6 is 0 Å². The summed E-state index contributed by atoms with van der Waals surface area (Å²) in [5, 5.41) is 9.12. The lowest BCUT2D eigenvalue weighted by Crippen LogP contribution is -2.34. The van der Waals surface area contributed by atoms with Gasteiger partial charge in [-0.1, -0.05) is 0 Å². The second kappa shape index (κ2) is 4.65. The van der Waals surface area contributed by atoms with Crippen LogP contribution in [0.2, 0.25) is 0 Å². The van der Waals surface area contributed by atoms with Gasteiger partial charge in [-0.15, -0.1) is 0 Å². The number of carbonyl (C=O) groups is 1. The van der Waals surface area contributed by atoms with Crippen LogP contribution in [0, 0.1) is 0 Å². The van der Waals surface area contributed by atoms with Crippen LogP contribution in [-0.2, 0) is 11.4 Å². The minimum atomic E-state index is -0.275. The number of aliphatic hydroxyl groups is 1. The molecule has 1 unspecified atom stereocenters. The first kappa shape index (κ1) is 11.1. The fourth-order valence-electron chi connectivity index (χ4n) is 2.12. The Kier molecular flexibility index (Phi) is 3.24. The molecule has 1 saturated heterocycles. The normalized spacial score (nSPS) is 17.8. The lowest BCUT2D eigenvalue weighted by Gasteiger charge is -2.22. The molecule has 0 radical (unpaired) electrons. The van der Waals surface area contributed by atoms with Crippen molar-refractivity contribution in [3.8, 4) is 0 Å². The van der Waals surface area contributed by atoms with Crippen LogP contribution in [0.1, 0.15) is 31.5 Å². The molecule has 5 nitrogen and oxygen atoms in total. The number of hydrogen-bond acceptors (Lipinski definition) is 3. The molecule has 1 fully saturated rings. The molecule has 16 heavy (non-hydrogen) atoms. The molecule has 0 aromatic carbocycles. The molecular formula is C11H17N3O2. The molecule has 88 valence electrons. The maximum absolute atomic E-state index is 12.1. The standard InChI is InChI=1S/C11H17N3O2/c1-9(11(16)13-4-2-3-5-13)14-8-12-6-10(14)7-15/h6,8-9,15H,2-5,7H2,1H3. The van der Waals surface area contributed by atoms with Crippen molar-refractivity contribution in [3.63, 3.8) is 0 Å². The van der Waals surface area contributed by atoms with Crippen LogP contribution in [0.25, 0.3) is 0 Å². The van der Waals surface area contributed by atoms with E-state index in [1.807, 2.05) is 11.8 Å².